The van der Waals surface area contributed by atoms with Gasteiger partial charge in [-0.05, 0) is 24.3 Å². The lowest BCUT2D eigenvalue weighted by atomic mass is 9.90. The van der Waals surface area contributed by atoms with Crippen LogP contribution in [0.1, 0.15) is 50.5 Å². The van der Waals surface area contributed by atoms with Crippen molar-refractivity contribution in [3.05, 3.63) is 47.6 Å². The van der Waals surface area contributed by atoms with Crippen molar-refractivity contribution in [1.82, 2.24) is 20.8 Å². The number of aliphatic hydroxyl groups is 1. The summed E-state index contributed by atoms with van der Waals surface area (Å²) in [5.74, 6) is 0.954. The molecule has 0 spiro atoms. The number of carbonyl (C=O) groups excluding carboxylic acids is 1. The van der Waals surface area contributed by atoms with Crippen molar-refractivity contribution in [2.45, 2.75) is 39.7 Å². The van der Waals surface area contributed by atoms with E-state index >= 15 is 0 Å². The number of nitrogens with one attached hydrogen (secondary N) is 2. The first-order valence-corrected chi connectivity index (χ1v) is 8.41. The van der Waals surface area contributed by atoms with Crippen LogP contribution in [0.3, 0.4) is 0 Å². The predicted octanol–water partition coefficient (Wildman–Crippen LogP) is 2.43. The normalized spacial score (nSPS) is 12.6. The number of aliphatic hydroxyl groups excluding tert-OH is 1. The van der Waals surface area contributed by atoms with Crippen molar-refractivity contribution in [3.63, 3.8) is 0 Å². The van der Waals surface area contributed by atoms with E-state index < -0.39 is 6.04 Å². The van der Waals surface area contributed by atoms with Crippen LogP contribution in [-0.4, -0.2) is 34.4 Å². The zero-order valence-electron chi connectivity index (χ0n) is 15.0. The Morgan fingerprint density at radius 3 is 2.72 bits per heavy atom. The van der Waals surface area contributed by atoms with Crippen LogP contribution in [-0.2, 0) is 6.42 Å². The molecule has 7 heteroatoms. The maximum Gasteiger partial charge on any atom is 0.315 e. The van der Waals surface area contributed by atoms with Crippen LogP contribution in [0.25, 0.3) is 0 Å². The molecule has 0 bridgehead atoms. The van der Waals surface area contributed by atoms with Gasteiger partial charge in [-0.3, -0.25) is 0 Å². The van der Waals surface area contributed by atoms with Gasteiger partial charge in [0.2, 0.25) is 5.89 Å². The van der Waals surface area contributed by atoms with Gasteiger partial charge in [-0.25, -0.2) is 4.79 Å². The molecule has 2 amide bonds. The average molecular weight is 346 g/mol. The summed E-state index contributed by atoms with van der Waals surface area (Å²) in [5, 5.41) is 18.6. The van der Waals surface area contributed by atoms with Gasteiger partial charge in [0.15, 0.2) is 5.82 Å². The Morgan fingerprint density at radius 1 is 1.32 bits per heavy atom. The maximum atomic E-state index is 12.0. The van der Waals surface area contributed by atoms with E-state index in [4.69, 9.17) is 9.63 Å². The summed E-state index contributed by atoms with van der Waals surface area (Å²) < 4.78 is 5.25. The van der Waals surface area contributed by atoms with Crippen molar-refractivity contribution in [2.75, 3.05) is 13.2 Å². The van der Waals surface area contributed by atoms with E-state index in [1.807, 2.05) is 44.2 Å². The largest absolute Gasteiger partial charge is 0.396 e. The van der Waals surface area contributed by atoms with Crippen LogP contribution in [0.5, 0.6) is 0 Å². The molecular formula is C18H26N4O3. The molecule has 7 nitrogen and oxygen atoms in total. The molecule has 1 aromatic heterocycles. The van der Waals surface area contributed by atoms with Crippen LogP contribution < -0.4 is 10.6 Å². The van der Waals surface area contributed by atoms with Crippen molar-refractivity contribution >= 4 is 6.03 Å². The number of hydrogen-bond acceptors (Lipinski definition) is 5. The topological polar surface area (TPSA) is 100 Å². The van der Waals surface area contributed by atoms with Gasteiger partial charge in [0.25, 0.3) is 0 Å². The Labute approximate surface area is 147 Å². The number of amides is 2. The second kappa shape index (κ2) is 8.62. The van der Waals surface area contributed by atoms with E-state index in [0.29, 0.717) is 31.1 Å². The fraction of sp³-hybridized carbons (Fsp3) is 0.500. The lowest BCUT2D eigenvalue weighted by Crippen LogP contribution is -2.42. The van der Waals surface area contributed by atoms with Crippen molar-refractivity contribution in [1.29, 1.82) is 0 Å². The Kier molecular flexibility index (Phi) is 6.52. The second-order valence-corrected chi connectivity index (χ2v) is 6.90. The SMILES string of the molecule is CC(NC(=O)NCC(C)(C)CCO)c1nc(Cc2ccccc2)no1. The Morgan fingerprint density at radius 2 is 2.04 bits per heavy atom. The van der Waals surface area contributed by atoms with Gasteiger partial charge in [0.05, 0.1) is 0 Å². The zero-order chi connectivity index (χ0) is 18.3. The van der Waals surface area contributed by atoms with E-state index in [-0.39, 0.29) is 18.1 Å². The van der Waals surface area contributed by atoms with Crippen LogP contribution in [0.2, 0.25) is 0 Å². The highest BCUT2D eigenvalue weighted by molar-refractivity contribution is 5.74. The first-order valence-electron chi connectivity index (χ1n) is 8.41. The van der Waals surface area contributed by atoms with Gasteiger partial charge in [-0.2, -0.15) is 4.98 Å². The molecule has 0 saturated heterocycles. The molecule has 1 aromatic carbocycles. The highest BCUT2D eigenvalue weighted by Crippen LogP contribution is 2.18. The van der Waals surface area contributed by atoms with E-state index in [0.717, 1.165) is 5.56 Å². The number of hydrogen-bond donors (Lipinski definition) is 3. The van der Waals surface area contributed by atoms with E-state index in [1.165, 1.54) is 0 Å². The molecule has 3 N–H and O–H groups in total. The smallest absolute Gasteiger partial charge is 0.315 e. The average Bonchev–Trinajstić information content (AvgIpc) is 3.03. The number of aromatic nitrogens is 2. The summed E-state index contributed by atoms with van der Waals surface area (Å²) in [4.78, 5) is 16.3. The monoisotopic (exact) mass is 346 g/mol. The molecule has 0 radical (unpaired) electrons. The van der Waals surface area contributed by atoms with Crippen molar-refractivity contribution < 1.29 is 14.4 Å². The zero-order valence-corrected chi connectivity index (χ0v) is 15.0. The minimum Gasteiger partial charge on any atom is -0.396 e. The van der Waals surface area contributed by atoms with Gasteiger partial charge < -0.3 is 20.3 Å². The molecular weight excluding hydrogens is 320 g/mol. The third kappa shape index (κ3) is 6.19. The molecule has 1 unspecified atom stereocenters. The molecule has 2 rings (SSSR count). The summed E-state index contributed by atoms with van der Waals surface area (Å²) >= 11 is 0. The number of carbonyl (C=O) groups is 1. The first kappa shape index (κ1) is 18.9. The van der Waals surface area contributed by atoms with Gasteiger partial charge in [-0.15, -0.1) is 0 Å². The summed E-state index contributed by atoms with van der Waals surface area (Å²) in [6.07, 6.45) is 1.20. The molecule has 0 aliphatic heterocycles. The lowest BCUT2D eigenvalue weighted by Gasteiger charge is -2.24. The lowest BCUT2D eigenvalue weighted by molar-refractivity contribution is 0.199. The van der Waals surface area contributed by atoms with E-state index in [2.05, 4.69) is 20.8 Å². The van der Waals surface area contributed by atoms with Gasteiger partial charge in [0.1, 0.15) is 6.04 Å². The Balaban J connectivity index is 1.84. The minimum absolute atomic E-state index is 0.0961. The fourth-order valence-corrected chi connectivity index (χ4v) is 2.31. The first-order chi connectivity index (χ1) is 11.9. The second-order valence-electron chi connectivity index (χ2n) is 6.90. The molecule has 0 saturated carbocycles. The van der Waals surface area contributed by atoms with Crippen molar-refractivity contribution in [2.24, 2.45) is 5.41 Å². The third-order valence-electron chi connectivity index (χ3n) is 3.92. The molecule has 1 heterocycles. The fourth-order valence-electron chi connectivity index (χ4n) is 2.31. The number of nitrogens with zero attached hydrogens (tertiary/aromatic N) is 2. The molecule has 0 aliphatic carbocycles. The molecule has 2 aromatic rings. The Hall–Kier alpha value is -2.41. The summed E-state index contributed by atoms with van der Waals surface area (Å²) in [6.45, 7) is 6.33. The van der Waals surface area contributed by atoms with Crippen LogP contribution in [0, 0.1) is 5.41 Å². The highest BCUT2D eigenvalue weighted by atomic mass is 16.5. The van der Waals surface area contributed by atoms with E-state index in [9.17, 15) is 4.79 Å². The van der Waals surface area contributed by atoms with Gasteiger partial charge in [0, 0.05) is 19.6 Å². The predicted molar refractivity (Wildman–Crippen MR) is 94.0 cm³/mol. The number of urea groups is 1. The molecule has 136 valence electrons. The number of rotatable bonds is 8. The molecule has 0 aliphatic rings. The minimum atomic E-state index is -0.391. The molecule has 0 fully saturated rings. The van der Waals surface area contributed by atoms with Crippen LogP contribution in [0.15, 0.2) is 34.9 Å². The van der Waals surface area contributed by atoms with Crippen LogP contribution >= 0.6 is 0 Å². The van der Waals surface area contributed by atoms with Gasteiger partial charge in [-0.1, -0.05) is 49.3 Å². The quantitative estimate of drug-likeness (QED) is 0.681. The Bertz CT molecular complexity index is 670. The van der Waals surface area contributed by atoms with Crippen molar-refractivity contribution in [3.8, 4) is 0 Å². The third-order valence-corrected chi connectivity index (χ3v) is 3.92. The molecule has 1 atom stereocenters. The van der Waals surface area contributed by atoms with Gasteiger partial charge >= 0.3 is 6.03 Å². The summed E-state index contributed by atoms with van der Waals surface area (Å²) in [7, 11) is 0. The summed E-state index contributed by atoms with van der Waals surface area (Å²) in [5.41, 5.74) is 0.933. The van der Waals surface area contributed by atoms with Crippen LogP contribution in [0.4, 0.5) is 4.79 Å². The van der Waals surface area contributed by atoms with E-state index in [1.54, 1.807) is 6.92 Å². The standard InChI is InChI=1S/C18H26N4O3/c1-13(20-17(24)19-12-18(2,3)9-10-23)16-21-15(22-25-16)11-14-7-5-4-6-8-14/h4-8,13,23H,9-12H2,1-3H3,(H2,19,20,24). The summed E-state index contributed by atoms with van der Waals surface area (Å²) in [6, 6.07) is 9.18. The number of benzene rings is 1. The molecule has 25 heavy (non-hydrogen) atoms. The maximum absolute atomic E-state index is 12.0. The highest BCUT2D eigenvalue weighted by Gasteiger charge is 2.20.